The molecule has 5 nitrogen and oxygen atoms in total. The number of benzene rings is 1. The standard InChI is InChI=1S/C16H8ClF3N4OS3/c17-8-1-3-10(4-2-8)24-13(25)11-12(28-7-21-11)23-15(24)27-6-9-5-26-14(22-9)16(18,19)20/h1-5,7H,6H2. The van der Waals surface area contributed by atoms with Crippen molar-refractivity contribution in [3.63, 3.8) is 0 Å². The lowest BCUT2D eigenvalue weighted by atomic mass is 10.3. The van der Waals surface area contributed by atoms with Gasteiger partial charge in [-0.3, -0.25) is 9.36 Å². The molecule has 0 N–H and O–H groups in total. The minimum Gasteiger partial charge on any atom is -0.266 e. The molecule has 28 heavy (non-hydrogen) atoms. The summed E-state index contributed by atoms with van der Waals surface area (Å²) in [5.41, 5.74) is 2.20. The fourth-order valence-corrected chi connectivity index (χ4v) is 4.88. The third-order valence-corrected chi connectivity index (χ3v) is 6.45. The van der Waals surface area contributed by atoms with Crippen LogP contribution in [0.25, 0.3) is 16.0 Å². The number of thioether (sulfide) groups is 1. The second kappa shape index (κ2) is 7.47. The van der Waals surface area contributed by atoms with Crippen molar-refractivity contribution in [3.8, 4) is 5.69 Å². The smallest absolute Gasteiger partial charge is 0.266 e. The van der Waals surface area contributed by atoms with Gasteiger partial charge in [0.15, 0.2) is 20.5 Å². The summed E-state index contributed by atoms with van der Waals surface area (Å²) in [4.78, 5) is 25.5. The van der Waals surface area contributed by atoms with Gasteiger partial charge in [0, 0.05) is 16.2 Å². The zero-order valence-corrected chi connectivity index (χ0v) is 16.8. The number of hydrogen-bond donors (Lipinski definition) is 0. The fraction of sp³-hybridized carbons (Fsp3) is 0.125. The summed E-state index contributed by atoms with van der Waals surface area (Å²) in [5.74, 6) is 0.136. The molecule has 0 saturated carbocycles. The Morgan fingerprint density at radius 3 is 2.57 bits per heavy atom. The number of aromatic nitrogens is 4. The van der Waals surface area contributed by atoms with E-state index in [0.29, 0.717) is 32.0 Å². The van der Waals surface area contributed by atoms with E-state index < -0.39 is 11.2 Å². The molecule has 0 atom stereocenters. The van der Waals surface area contributed by atoms with Crippen LogP contribution in [0, 0.1) is 0 Å². The van der Waals surface area contributed by atoms with E-state index in [0.717, 1.165) is 11.8 Å². The van der Waals surface area contributed by atoms with Gasteiger partial charge in [0.2, 0.25) is 0 Å². The maximum Gasteiger partial charge on any atom is 0.443 e. The van der Waals surface area contributed by atoms with Gasteiger partial charge in [-0.1, -0.05) is 23.4 Å². The SMILES string of the molecule is O=c1c2ncsc2nc(SCc2csc(C(F)(F)F)n2)n1-c1ccc(Cl)cc1. The Morgan fingerprint density at radius 1 is 1.14 bits per heavy atom. The van der Waals surface area contributed by atoms with E-state index in [1.54, 1.807) is 24.3 Å². The van der Waals surface area contributed by atoms with Crippen LogP contribution in [0.2, 0.25) is 5.02 Å². The van der Waals surface area contributed by atoms with E-state index >= 15 is 0 Å². The molecule has 3 aromatic heterocycles. The van der Waals surface area contributed by atoms with Gasteiger partial charge in [-0.15, -0.1) is 22.7 Å². The highest BCUT2D eigenvalue weighted by Gasteiger charge is 2.34. The lowest BCUT2D eigenvalue weighted by Gasteiger charge is -2.11. The van der Waals surface area contributed by atoms with E-state index in [1.165, 1.54) is 26.8 Å². The first kappa shape index (κ1) is 19.4. The molecule has 0 spiro atoms. The highest BCUT2D eigenvalue weighted by molar-refractivity contribution is 7.98. The Bertz CT molecular complexity index is 1200. The lowest BCUT2D eigenvalue weighted by molar-refractivity contribution is -0.137. The van der Waals surface area contributed by atoms with Crippen LogP contribution >= 0.6 is 46.0 Å². The van der Waals surface area contributed by atoms with Gasteiger partial charge in [0.25, 0.3) is 5.56 Å². The number of rotatable bonds is 4. The van der Waals surface area contributed by atoms with E-state index in [2.05, 4.69) is 15.0 Å². The third-order valence-electron chi connectivity index (χ3n) is 3.57. The van der Waals surface area contributed by atoms with E-state index in [-0.39, 0.29) is 22.5 Å². The number of nitrogens with zero attached hydrogens (tertiary/aromatic N) is 4. The van der Waals surface area contributed by atoms with Crippen molar-refractivity contribution >= 4 is 56.4 Å². The van der Waals surface area contributed by atoms with E-state index in [9.17, 15) is 18.0 Å². The lowest BCUT2D eigenvalue weighted by Crippen LogP contribution is -2.21. The Hall–Kier alpha value is -1.95. The van der Waals surface area contributed by atoms with Crippen molar-refractivity contribution in [1.82, 2.24) is 19.5 Å². The molecular formula is C16H8ClF3N4OS3. The number of fused-ring (bicyclic) bond motifs is 1. The quantitative estimate of drug-likeness (QED) is 0.307. The highest BCUT2D eigenvalue weighted by atomic mass is 35.5. The molecule has 12 heteroatoms. The Labute approximate surface area is 172 Å². The third kappa shape index (κ3) is 3.79. The molecule has 4 aromatic rings. The molecule has 0 aliphatic carbocycles. The molecule has 3 heterocycles. The van der Waals surface area contributed by atoms with Crippen LogP contribution in [0.5, 0.6) is 0 Å². The summed E-state index contributed by atoms with van der Waals surface area (Å²) in [6.07, 6.45) is -4.47. The van der Waals surface area contributed by atoms with Gasteiger partial charge in [-0.05, 0) is 24.3 Å². The van der Waals surface area contributed by atoms with Crippen LogP contribution in [-0.4, -0.2) is 19.5 Å². The van der Waals surface area contributed by atoms with Crippen molar-refractivity contribution in [2.24, 2.45) is 0 Å². The fourth-order valence-electron chi connectivity index (χ4n) is 2.35. The summed E-state index contributed by atoms with van der Waals surface area (Å²) < 4.78 is 39.6. The predicted molar refractivity (Wildman–Crippen MR) is 105 cm³/mol. The average molecular weight is 461 g/mol. The second-order valence-corrected chi connectivity index (χ2v) is 8.52. The van der Waals surface area contributed by atoms with Crippen molar-refractivity contribution < 1.29 is 13.2 Å². The second-order valence-electron chi connectivity index (χ2n) is 5.45. The van der Waals surface area contributed by atoms with Crippen LogP contribution in [0.1, 0.15) is 10.7 Å². The van der Waals surface area contributed by atoms with Gasteiger partial charge in [0.1, 0.15) is 0 Å². The Morgan fingerprint density at radius 2 is 1.89 bits per heavy atom. The Balaban J connectivity index is 1.73. The molecule has 0 amide bonds. The maximum atomic E-state index is 12.9. The predicted octanol–water partition coefficient (Wildman–Crippen LogP) is 5.26. The molecule has 0 fully saturated rings. The van der Waals surface area contributed by atoms with Crippen molar-refractivity contribution in [2.75, 3.05) is 0 Å². The minimum atomic E-state index is -4.47. The minimum absolute atomic E-state index is 0.136. The first-order chi connectivity index (χ1) is 13.3. The summed E-state index contributed by atoms with van der Waals surface area (Å²) >= 11 is 8.81. The molecule has 0 saturated heterocycles. The van der Waals surface area contributed by atoms with E-state index in [4.69, 9.17) is 11.6 Å². The highest BCUT2D eigenvalue weighted by Crippen LogP contribution is 2.33. The van der Waals surface area contributed by atoms with Crippen molar-refractivity contribution in [3.05, 3.63) is 61.2 Å². The number of alkyl halides is 3. The van der Waals surface area contributed by atoms with Crippen LogP contribution in [0.15, 0.2) is 45.1 Å². The maximum absolute atomic E-state index is 12.9. The number of thiazole rings is 2. The molecule has 0 bridgehead atoms. The van der Waals surface area contributed by atoms with Gasteiger partial charge >= 0.3 is 6.18 Å². The average Bonchev–Trinajstić information content (AvgIpc) is 3.30. The summed E-state index contributed by atoms with van der Waals surface area (Å²) in [7, 11) is 0. The van der Waals surface area contributed by atoms with Gasteiger partial charge in [-0.2, -0.15) is 13.2 Å². The molecule has 0 radical (unpaired) electrons. The summed E-state index contributed by atoms with van der Waals surface area (Å²) in [6, 6.07) is 6.61. The first-order valence-corrected chi connectivity index (χ1v) is 10.7. The zero-order chi connectivity index (χ0) is 19.9. The van der Waals surface area contributed by atoms with Crippen molar-refractivity contribution in [2.45, 2.75) is 17.1 Å². The van der Waals surface area contributed by atoms with Crippen LogP contribution in [-0.2, 0) is 11.9 Å². The Kier molecular flexibility index (Phi) is 5.17. The first-order valence-electron chi connectivity index (χ1n) is 7.59. The molecule has 144 valence electrons. The topological polar surface area (TPSA) is 60.7 Å². The van der Waals surface area contributed by atoms with Gasteiger partial charge < -0.3 is 0 Å². The number of halogens is 4. The van der Waals surface area contributed by atoms with Crippen LogP contribution in [0.4, 0.5) is 13.2 Å². The van der Waals surface area contributed by atoms with Crippen LogP contribution in [0.3, 0.4) is 0 Å². The molecular weight excluding hydrogens is 453 g/mol. The monoisotopic (exact) mass is 460 g/mol. The summed E-state index contributed by atoms with van der Waals surface area (Å²) in [6.45, 7) is 0. The van der Waals surface area contributed by atoms with Gasteiger partial charge in [-0.25, -0.2) is 15.0 Å². The van der Waals surface area contributed by atoms with Crippen molar-refractivity contribution in [1.29, 1.82) is 0 Å². The molecule has 1 aromatic carbocycles. The van der Waals surface area contributed by atoms with Crippen LogP contribution < -0.4 is 5.56 Å². The normalized spacial score (nSPS) is 12.0. The molecule has 4 rings (SSSR count). The molecule has 0 aliphatic heterocycles. The van der Waals surface area contributed by atoms with E-state index in [1.807, 2.05) is 0 Å². The number of hydrogen-bond acceptors (Lipinski definition) is 7. The summed E-state index contributed by atoms with van der Waals surface area (Å²) in [5, 5.41) is 1.30. The molecule has 0 unspecified atom stereocenters. The molecule has 0 aliphatic rings. The van der Waals surface area contributed by atoms with Gasteiger partial charge in [0.05, 0.1) is 16.9 Å². The largest absolute Gasteiger partial charge is 0.443 e. The zero-order valence-electron chi connectivity index (χ0n) is 13.6.